The number of fused-ring (bicyclic) bond motifs is 1. The van der Waals surface area contributed by atoms with Crippen LogP contribution in [0.3, 0.4) is 0 Å². The fraction of sp³-hybridized carbons (Fsp3) is 0.182. The number of aromatic nitrogens is 4. The summed E-state index contributed by atoms with van der Waals surface area (Å²) in [4.78, 5) is 9.36. The second-order valence-corrected chi connectivity index (χ2v) is 4.98. The fourth-order valence-corrected chi connectivity index (χ4v) is 2.45. The highest BCUT2D eigenvalue weighted by molar-refractivity contribution is 7.09. The van der Waals surface area contributed by atoms with Gasteiger partial charge in [-0.3, -0.25) is 5.10 Å². The van der Waals surface area contributed by atoms with Crippen molar-refractivity contribution in [2.24, 2.45) is 0 Å². The van der Waals surface area contributed by atoms with Crippen molar-refractivity contribution in [3.05, 3.63) is 33.9 Å². The Morgan fingerprint density at radius 3 is 3.17 bits per heavy atom. The standard InChI is InChI=1S/C11H9ClN4OS/c12-11-14-9-8(6-13-16-9)10(15-11)17-4-3-7-2-1-5-18-7/h1-2,5-6H,3-4H2,(H,13,14,15,16). The highest BCUT2D eigenvalue weighted by atomic mass is 35.5. The molecule has 0 fully saturated rings. The minimum absolute atomic E-state index is 0.151. The van der Waals surface area contributed by atoms with Crippen molar-refractivity contribution in [3.8, 4) is 5.88 Å². The maximum Gasteiger partial charge on any atom is 0.229 e. The molecule has 0 aliphatic carbocycles. The molecule has 0 spiro atoms. The molecule has 3 rings (SSSR count). The van der Waals surface area contributed by atoms with E-state index >= 15 is 0 Å². The quantitative estimate of drug-likeness (QED) is 0.746. The lowest BCUT2D eigenvalue weighted by molar-refractivity contribution is 0.314. The van der Waals surface area contributed by atoms with Crippen molar-refractivity contribution in [1.82, 2.24) is 20.2 Å². The normalized spacial score (nSPS) is 10.9. The molecule has 0 aliphatic heterocycles. The Morgan fingerprint density at radius 1 is 1.39 bits per heavy atom. The van der Waals surface area contributed by atoms with Crippen molar-refractivity contribution in [2.45, 2.75) is 6.42 Å². The number of nitrogens with one attached hydrogen (secondary N) is 1. The molecule has 0 aliphatic rings. The average Bonchev–Trinajstić information content (AvgIpc) is 2.98. The van der Waals surface area contributed by atoms with Gasteiger partial charge < -0.3 is 4.74 Å². The van der Waals surface area contributed by atoms with Gasteiger partial charge in [0.2, 0.25) is 11.2 Å². The second-order valence-electron chi connectivity index (χ2n) is 3.61. The zero-order valence-electron chi connectivity index (χ0n) is 9.26. The third kappa shape index (κ3) is 2.30. The molecule has 0 radical (unpaired) electrons. The molecule has 0 aromatic carbocycles. The smallest absolute Gasteiger partial charge is 0.229 e. The summed E-state index contributed by atoms with van der Waals surface area (Å²) in [6.45, 7) is 0.550. The molecule has 7 heteroatoms. The van der Waals surface area contributed by atoms with Crippen LogP contribution >= 0.6 is 22.9 Å². The lowest BCUT2D eigenvalue weighted by Gasteiger charge is -2.05. The topological polar surface area (TPSA) is 63.7 Å². The van der Waals surface area contributed by atoms with Crippen LogP contribution in [0.15, 0.2) is 23.7 Å². The Hall–Kier alpha value is -1.66. The monoisotopic (exact) mass is 280 g/mol. The molecule has 3 aromatic rings. The van der Waals surface area contributed by atoms with Crippen molar-refractivity contribution >= 4 is 34.0 Å². The molecule has 3 aromatic heterocycles. The summed E-state index contributed by atoms with van der Waals surface area (Å²) in [5.41, 5.74) is 0.584. The summed E-state index contributed by atoms with van der Waals surface area (Å²) in [6, 6.07) is 4.10. The van der Waals surface area contributed by atoms with E-state index in [1.165, 1.54) is 4.88 Å². The minimum atomic E-state index is 0.151. The molecular weight excluding hydrogens is 272 g/mol. The molecule has 18 heavy (non-hydrogen) atoms. The molecule has 0 saturated carbocycles. The van der Waals surface area contributed by atoms with Crippen molar-refractivity contribution in [1.29, 1.82) is 0 Å². The summed E-state index contributed by atoms with van der Waals surface area (Å²) in [5.74, 6) is 0.468. The average molecular weight is 281 g/mol. The first-order valence-corrected chi connectivity index (χ1v) is 6.60. The van der Waals surface area contributed by atoms with E-state index in [1.54, 1.807) is 17.5 Å². The van der Waals surface area contributed by atoms with Crippen LogP contribution in [0.2, 0.25) is 5.28 Å². The Morgan fingerprint density at radius 2 is 2.33 bits per heavy atom. The molecule has 0 atom stereocenters. The first-order chi connectivity index (χ1) is 8.83. The van der Waals surface area contributed by atoms with Crippen molar-refractivity contribution in [2.75, 3.05) is 6.61 Å². The van der Waals surface area contributed by atoms with Gasteiger partial charge in [0.1, 0.15) is 5.39 Å². The number of H-pyrrole nitrogens is 1. The van der Waals surface area contributed by atoms with Crippen LogP contribution in [0.5, 0.6) is 5.88 Å². The molecule has 0 unspecified atom stereocenters. The minimum Gasteiger partial charge on any atom is -0.477 e. The Kier molecular flexibility index (Phi) is 3.12. The largest absolute Gasteiger partial charge is 0.477 e. The third-order valence-electron chi connectivity index (χ3n) is 2.41. The fourth-order valence-electron chi connectivity index (χ4n) is 1.60. The van der Waals surface area contributed by atoms with Crippen molar-refractivity contribution < 1.29 is 4.74 Å². The summed E-state index contributed by atoms with van der Waals surface area (Å²) < 4.78 is 5.64. The lowest BCUT2D eigenvalue weighted by Crippen LogP contribution is -2.02. The van der Waals surface area contributed by atoms with E-state index in [9.17, 15) is 0 Å². The van der Waals surface area contributed by atoms with Gasteiger partial charge in [-0.2, -0.15) is 15.1 Å². The van der Waals surface area contributed by atoms with E-state index in [0.717, 1.165) is 11.8 Å². The second kappa shape index (κ2) is 4.91. The zero-order valence-corrected chi connectivity index (χ0v) is 10.8. The first-order valence-electron chi connectivity index (χ1n) is 5.35. The van der Waals surface area contributed by atoms with Gasteiger partial charge in [-0.05, 0) is 23.0 Å². The molecule has 1 N–H and O–H groups in total. The van der Waals surface area contributed by atoms with E-state index in [4.69, 9.17) is 16.3 Å². The zero-order chi connectivity index (χ0) is 12.4. The van der Waals surface area contributed by atoms with E-state index in [-0.39, 0.29) is 5.28 Å². The summed E-state index contributed by atoms with van der Waals surface area (Å²) in [6.07, 6.45) is 2.48. The third-order valence-corrected chi connectivity index (χ3v) is 3.52. The number of thiophene rings is 1. The van der Waals surface area contributed by atoms with Crippen LogP contribution in [-0.4, -0.2) is 26.8 Å². The maximum absolute atomic E-state index is 5.81. The highest BCUT2D eigenvalue weighted by Crippen LogP contribution is 2.22. The number of aromatic amines is 1. The number of hydrogen-bond acceptors (Lipinski definition) is 5. The Bertz CT molecular complexity index is 652. The predicted octanol–water partition coefficient (Wildman–Crippen LogP) is 2.69. The van der Waals surface area contributed by atoms with Gasteiger partial charge in [0.05, 0.1) is 12.8 Å². The number of halogens is 1. The summed E-state index contributed by atoms with van der Waals surface area (Å²) in [7, 11) is 0. The Labute approximate surface area is 112 Å². The number of ether oxygens (including phenoxy) is 1. The van der Waals surface area contributed by atoms with E-state index in [0.29, 0.717) is 18.1 Å². The van der Waals surface area contributed by atoms with Gasteiger partial charge in [-0.25, -0.2) is 0 Å². The molecule has 0 amide bonds. The van der Waals surface area contributed by atoms with Crippen LogP contribution in [0.4, 0.5) is 0 Å². The van der Waals surface area contributed by atoms with Gasteiger partial charge >= 0.3 is 0 Å². The van der Waals surface area contributed by atoms with Gasteiger partial charge in [0, 0.05) is 11.3 Å². The van der Waals surface area contributed by atoms with Gasteiger partial charge in [0.25, 0.3) is 0 Å². The predicted molar refractivity (Wildman–Crippen MR) is 70.2 cm³/mol. The van der Waals surface area contributed by atoms with Crippen LogP contribution in [-0.2, 0) is 6.42 Å². The van der Waals surface area contributed by atoms with Gasteiger partial charge in [-0.15, -0.1) is 11.3 Å². The number of nitrogens with zero attached hydrogens (tertiary/aromatic N) is 3. The highest BCUT2D eigenvalue weighted by Gasteiger charge is 2.09. The molecule has 3 heterocycles. The van der Waals surface area contributed by atoms with Crippen molar-refractivity contribution in [3.63, 3.8) is 0 Å². The van der Waals surface area contributed by atoms with Crippen LogP contribution in [0.1, 0.15) is 4.88 Å². The van der Waals surface area contributed by atoms with Gasteiger partial charge in [0.15, 0.2) is 5.65 Å². The van der Waals surface area contributed by atoms with Crippen LogP contribution in [0, 0.1) is 0 Å². The molecule has 5 nitrogen and oxygen atoms in total. The molecule has 0 bridgehead atoms. The Balaban J connectivity index is 1.75. The summed E-state index contributed by atoms with van der Waals surface area (Å²) >= 11 is 7.52. The lowest BCUT2D eigenvalue weighted by atomic mass is 10.3. The van der Waals surface area contributed by atoms with Gasteiger partial charge in [-0.1, -0.05) is 6.07 Å². The molecule has 92 valence electrons. The van der Waals surface area contributed by atoms with E-state index in [1.807, 2.05) is 11.4 Å². The SMILES string of the molecule is Clc1nc(OCCc2cccs2)c2cn[nH]c2n1. The van der Waals surface area contributed by atoms with E-state index < -0.39 is 0 Å². The first kappa shape index (κ1) is 11.4. The van der Waals surface area contributed by atoms with E-state index in [2.05, 4.69) is 26.2 Å². The number of rotatable bonds is 4. The molecular formula is C11H9ClN4OS. The van der Waals surface area contributed by atoms with Crippen LogP contribution in [0.25, 0.3) is 11.0 Å². The number of hydrogen-bond donors (Lipinski definition) is 1. The summed E-state index contributed by atoms with van der Waals surface area (Å²) in [5, 5.41) is 9.58. The maximum atomic E-state index is 5.81. The molecule has 0 saturated heterocycles. The van der Waals surface area contributed by atoms with Crippen LogP contribution < -0.4 is 4.74 Å².